The Balaban J connectivity index is 2.81. The standard InChI is InChI=1S/C10H13BrO2/c1-13-9-6-2-4-8(10(9)12)5-3-7-11/h2,4,6,12H,3,5,7H2,1H3. The van der Waals surface area contributed by atoms with Crippen LogP contribution in [-0.4, -0.2) is 17.5 Å². The van der Waals surface area contributed by atoms with E-state index in [1.807, 2.05) is 12.1 Å². The molecule has 0 atom stereocenters. The fraction of sp³-hybridized carbons (Fsp3) is 0.400. The average Bonchev–Trinajstić information content (AvgIpc) is 2.16. The summed E-state index contributed by atoms with van der Waals surface area (Å²) in [6.45, 7) is 0. The van der Waals surface area contributed by atoms with E-state index in [1.54, 1.807) is 13.2 Å². The van der Waals surface area contributed by atoms with Crippen molar-refractivity contribution < 1.29 is 9.84 Å². The lowest BCUT2D eigenvalue weighted by atomic mass is 10.1. The number of hydrogen-bond acceptors (Lipinski definition) is 2. The van der Waals surface area contributed by atoms with Crippen LogP contribution in [0.15, 0.2) is 18.2 Å². The second kappa shape index (κ2) is 5.12. The molecule has 1 aromatic carbocycles. The summed E-state index contributed by atoms with van der Waals surface area (Å²) in [6, 6.07) is 5.57. The molecule has 0 saturated carbocycles. The highest BCUT2D eigenvalue weighted by Gasteiger charge is 2.05. The van der Waals surface area contributed by atoms with Gasteiger partial charge in [0.25, 0.3) is 0 Å². The summed E-state index contributed by atoms with van der Waals surface area (Å²) in [4.78, 5) is 0. The number of para-hydroxylation sites is 1. The van der Waals surface area contributed by atoms with Crippen LogP contribution in [0.4, 0.5) is 0 Å². The Labute approximate surface area is 86.7 Å². The van der Waals surface area contributed by atoms with E-state index < -0.39 is 0 Å². The molecule has 13 heavy (non-hydrogen) atoms. The van der Waals surface area contributed by atoms with E-state index in [4.69, 9.17) is 4.74 Å². The van der Waals surface area contributed by atoms with Crippen LogP contribution in [0, 0.1) is 0 Å². The van der Waals surface area contributed by atoms with Crippen LogP contribution in [0.1, 0.15) is 12.0 Å². The first-order valence-electron chi connectivity index (χ1n) is 4.20. The molecule has 0 unspecified atom stereocenters. The van der Waals surface area contributed by atoms with Gasteiger partial charge in [-0.1, -0.05) is 28.1 Å². The van der Waals surface area contributed by atoms with Gasteiger partial charge >= 0.3 is 0 Å². The van der Waals surface area contributed by atoms with Crippen LogP contribution < -0.4 is 4.74 Å². The highest BCUT2D eigenvalue weighted by molar-refractivity contribution is 9.09. The van der Waals surface area contributed by atoms with E-state index in [0.29, 0.717) is 5.75 Å². The largest absolute Gasteiger partial charge is 0.504 e. The lowest BCUT2D eigenvalue weighted by molar-refractivity contribution is 0.370. The van der Waals surface area contributed by atoms with E-state index >= 15 is 0 Å². The molecular weight excluding hydrogens is 232 g/mol. The van der Waals surface area contributed by atoms with Crippen LogP contribution in [0.5, 0.6) is 11.5 Å². The second-order valence-corrected chi connectivity index (χ2v) is 3.55. The maximum absolute atomic E-state index is 9.68. The van der Waals surface area contributed by atoms with Crippen molar-refractivity contribution in [3.05, 3.63) is 23.8 Å². The highest BCUT2D eigenvalue weighted by Crippen LogP contribution is 2.30. The lowest BCUT2D eigenvalue weighted by Gasteiger charge is -2.07. The number of hydrogen-bond donors (Lipinski definition) is 1. The summed E-state index contributed by atoms with van der Waals surface area (Å²) in [5, 5.41) is 10.6. The minimum Gasteiger partial charge on any atom is -0.504 e. The van der Waals surface area contributed by atoms with Crippen LogP contribution in [-0.2, 0) is 6.42 Å². The summed E-state index contributed by atoms with van der Waals surface area (Å²) >= 11 is 3.35. The van der Waals surface area contributed by atoms with E-state index in [0.717, 1.165) is 23.7 Å². The van der Waals surface area contributed by atoms with Crippen LogP contribution in [0.3, 0.4) is 0 Å². The maximum Gasteiger partial charge on any atom is 0.160 e. The molecule has 2 nitrogen and oxygen atoms in total. The van der Waals surface area contributed by atoms with Crippen molar-refractivity contribution in [3.63, 3.8) is 0 Å². The zero-order valence-corrected chi connectivity index (χ0v) is 9.17. The summed E-state index contributed by atoms with van der Waals surface area (Å²) in [5.74, 6) is 0.818. The van der Waals surface area contributed by atoms with Crippen molar-refractivity contribution >= 4 is 15.9 Å². The van der Waals surface area contributed by atoms with Crippen molar-refractivity contribution in [1.29, 1.82) is 0 Å². The Morgan fingerprint density at radius 3 is 2.85 bits per heavy atom. The summed E-state index contributed by atoms with van der Waals surface area (Å²) < 4.78 is 5.00. The van der Waals surface area contributed by atoms with Crippen molar-refractivity contribution in [2.45, 2.75) is 12.8 Å². The van der Waals surface area contributed by atoms with Crippen LogP contribution >= 0.6 is 15.9 Å². The molecule has 3 heteroatoms. The predicted molar refractivity (Wildman–Crippen MR) is 56.8 cm³/mol. The molecule has 1 rings (SSSR count). The molecule has 0 amide bonds. The topological polar surface area (TPSA) is 29.5 Å². The Bertz CT molecular complexity index is 274. The number of methoxy groups -OCH3 is 1. The smallest absolute Gasteiger partial charge is 0.160 e. The van der Waals surface area contributed by atoms with Gasteiger partial charge < -0.3 is 9.84 Å². The molecule has 0 radical (unpaired) electrons. The third-order valence-corrected chi connectivity index (χ3v) is 2.44. The number of ether oxygens (including phenoxy) is 1. The summed E-state index contributed by atoms with van der Waals surface area (Å²) in [7, 11) is 1.56. The number of benzene rings is 1. The van der Waals surface area contributed by atoms with Crippen LogP contribution in [0.25, 0.3) is 0 Å². The van der Waals surface area contributed by atoms with Crippen LogP contribution in [0.2, 0.25) is 0 Å². The van der Waals surface area contributed by atoms with Gasteiger partial charge in [-0.05, 0) is 24.5 Å². The van der Waals surface area contributed by atoms with Crippen molar-refractivity contribution in [2.75, 3.05) is 12.4 Å². The Hall–Kier alpha value is -0.700. The quantitative estimate of drug-likeness (QED) is 0.826. The minimum absolute atomic E-state index is 0.269. The molecule has 0 aliphatic carbocycles. The Morgan fingerprint density at radius 1 is 1.46 bits per heavy atom. The monoisotopic (exact) mass is 244 g/mol. The van der Waals surface area contributed by atoms with Crippen molar-refractivity contribution in [1.82, 2.24) is 0 Å². The Morgan fingerprint density at radius 2 is 2.23 bits per heavy atom. The molecule has 0 bridgehead atoms. The molecule has 0 aliphatic heterocycles. The molecule has 0 aliphatic rings. The van der Waals surface area contributed by atoms with E-state index in [2.05, 4.69) is 15.9 Å². The number of phenolic OH excluding ortho intramolecular Hbond substituents is 1. The third-order valence-electron chi connectivity index (χ3n) is 1.88. The minimum atomic E-state index is 0.269. The first-order valence-corrected chi connectivity index (χ1v) is 5.32. The summed E-state index contributed by atoms with van der Waals surface area (Å²) in [5.41, 5.74) is 0.943. The second-order valence-electron chi connectivity index (χ2n) is 2.76. The molecule has 1 aromatic rings. The van der Waals surface area contributed by atoms with Crippen molar-refractivity contribution in [2.24, 2.45) is 0 Å². The first kappa shape index (κ1) is 10.4. The molecule has 72 valence electrons. The molecular formula is C10H13BrO2. The SMILES string of the molecule is COc1cccc(CCCBr)c1O. The number of phenols is 1. The van der Waals surface area contributed by atoms with Gasteiger partial charge in [-0.15, -0.1) is 0 Å². The van der Waals surface area contributed by atoms with Gasteiger partial charge in [0.2, 0.25) is 0 Å². The fourth-order valence-electron chi connectivity index (χ4n) is 1.19. The fourth-order valence-corrected chi connectivity index (χ4v) is 1.47. The van der Waals surface area contributed by atoms with Gasteiger partial charge in [0.05, 0.1) is 7.11 Å². The highest BCUT2D eigenvalue weighted by atomic mass is 79.9. The van der Waals surface area contributed by atoms with E-state index in [9.17, 15) is 5.11 Å². The normalized spacial score (nSPS) is 10.0. The zero-order chi connectivity index (χ0) is 9.68. The van der Waals surface area contributed by atoms with Gasteiger partial charge in [-0.25, -0.2) is 0 Å². The third kappa shape index (κ3) is 2.62. The number of alkyl halides is 1. The van der Waals surface area contributed by atoms with Crippen molar-refractivity contribution in [3.8, 4) is 11.5 Å². The number of aryl methyl sites for hydroxylation is 1. The molecule has 0 heterocycles. The van der Waals surface area contributed by atoms with E-state index in [-0.39, 0.29) is 5.75 Å². The average molecular weight is 245 g/mol. The van der Waals surface area contributed by atoms with Gasteiger partial charge in [-0.3, -0.25) is 0 Å². The number of rotatable bonds is 4. The molecule has 0 fully saturated rings. The zero-order valence-electron chi connectivity index (χ0n) is 7.59. The molecule has 0 spiro atoms. The molecule has 0 saturated heterocycles. The van der Waals surface area contributed by atoms with E-state index in [1.165, 1.54) is 0 Å². The number of aromatic hydroxyl groups is 1. The number of halogens is 1. The maximum atomic E-state index is 9.68. The molecule has 0 aromatic heterocycles. The summed E-state index contributed by atoms with van der Waals surface area (Å²) in [6.07, 6.45) is 1.88. The van der Waals surface area contributed by atoms with Gasteiger partial charge in [0, 0.05) is 5.33 Å². The molecule has 1 N–H and O–H groups in total. The first-order chi connectivity index (χ1) is 6.29. The van der Waals surface area contributed by atoms with Gasteiger partial charge in [0.1, 0.15) is 0 Å². The predicted octanol–water partition coefficient (Wildman–Crippen LogP) is 2.73. The van der Waals surface area contributed by atoms with Gasteiger partial charge in [0.15, 0.2) is 11.5 Å². The van der Waals surface area contributed by atoms with Gasteiger partial charge in [-0.2, -0.15) is 0 Å². The Kier molecular flexibility index (Phi) is 4.09. The lowest BCUT2D eigenvalue weighted by Crippen LogP contribution is -1.90.